The number of ether oxygens (including phenoxy) is 2. The van der Waals surface area contributed by atoms with E-state index < -0.39 is 0 Å². The van der Waals surface area contributed by atoms with E-state index in [0.717, 1.165) is 22.8 Å². The van der Waals surface area contributed by atoms with E-state index in [1.165, 1.54) is 0 Å². The molecular weight excluding hydrogens is 270 g/mol. The molecule has 0 saturated heterocycles. The van der Waals surface area contributed by atoms with Crippen molar-refractivity contribution < 1.29 is 18.7 Å². The van der Waals surface area contributed by atoms with Crippen LogP contribution in [0.15, 0.2) is 41.0 Å². The van der Waals surface area contributed by atoms with Crippen molar-refractivity contribution in [3.63, 3.8) is 0 Å². The van der Waals surface area contributed by atoms with Crippen LogP contribution in [0.2, 0.25) is 0 Å². The first-order valence-corrected chi connectivity index (χ1v) is 6.93. The summed E-state index contributed by atoms with van der Waals surface area (Å²) in [4.78, 5) is 11.9. The van der Waals surface area contributed by atoms with Gasteiger partial charge in [-0.2, -0.15) is 0 Å². The van der Waals surface area contributed by atoms with Gasteiger partial charge in [-0.05, 0) is 43.2 Å². The second-order valence-corrected chi connectivity index (χ2v) is 4.99. The first-order valence-electron chi connectivity index (χ1n) is 6.93. The van der Waals surface area contributed by atoms with E-state index in [2.05, 4.69) is 5.32 Å². The lowest BCUT2D eigenvalue weighted by atomic mass is 10.1. The molecule has 0 spiro atoms. The molecule has 5 nitrogen and oxygen atoms in total. The molecule has 1 aromatic carbocycles. The van der Waals surface area contributed by atoms with E-state index in [1.807, 2.05) is 37.3 Å². The summed E-state index contributed by atoms with van der Waals surface area (Å²) in [5, 5.41) is 2.92. The third-order valence-electron chi connectivity index (χ3n) is 3.43. The third-order valence-corrected chi connectivity index (χ3v) is 3.43. The van der Waals surface area contributed by atoms with Crippen LogP contribution in [0.1, 0.15) is 30.7 Å². The first-order chi connectivity index (χ1) is 10.2. The SMILES string of the molecule is CC(NC(=O)CCc1ccc2c(c1)OCO2)c1ccco1. The van der Waals surface area contributed by atoms with Gasteiger partial charge in [0.05, 0.1) is 12.3 Å². The Morgan fingerprint density at radius 2 is 2.14 bits per heavy atom. The maximum atomic E-state index is 11.9. The second kappa shape index (κ2) is 5.91. The van der Waals surface area contributed by atoms with Crippen molar-refractivity contribution in [3.8, 4) is 11.5 Å². The molecule has 1 unspecified atom stereocenters. The minimum absolute atomic E-state index is 0.00318. The van der Waals surface area contributed by atoms with Crippen molar-refractivity contribution in [1.82, 2.24) is 5.32 Å². The van der Waals surface area contributed by atoms with Gasteiger partial charge in [0.2, 0.25) is 12.7 Å². The summed E-state index contributed by atoms with van der Waals surface area (Å²) < 4.78 is 15.8. The Hall–Kier alpha value is -2.43. The molecule has 0 radical (unpaired) electrons. The third kappa shape index (κ3) is 3.18. The monoisotopic (exact) mass is 287 g/mol. The second-order valence-electron chi connectivity index (χ2n) is 4.99. The van der Waals surface area contributed by atoms with Gasteiger partial charge in [0.15, 0.2) is 11.5 Å². The summed E-state index contributed by atoms with van der Waals surface area (Å²) in [6.45, 7) is 2.16. The quantitative estimate of drug-likeness (QED) is 0.918. The van der Waals surface area contributed by atoms with E-state index in [1.54, 1.807) is 6.26 Å². The fraction of sp³-hybridized carbons (Fsp3) is 0.312. The molecule has 0 fully saturated rings. The van der Waals surface area contributed by atoms with Crippen molar-refractivity contribution in [1.29, 1.82) is 0 Å². The van der Waals surface area contributed by atoms with Gasteiger partial charge in [0.1, 0.15) is 5.76 Å². The zero-order chi connectivity index (χ0) is 14.7. The van der Waals surface area contributed by atoms with Gasteiger partial charge in [-0.3, -0.25) is 4.79 Å². The lowest BCUT2D eigenvalue weighted by Gasteiger charge is -2.11. The predicted octanol–water partition coefficient (Wildman–Crippen LogP) is 2.82. The van der Waals surface area contributed by atoms with Crippen LogP contribution < -0.4 is 14.8 Å². The number of aryl methyl sites for hydroxylation is 1. The highest BCUT2D eigenvalue weighted by molar-refractivity contribution is 5.76. The maximum absolute atomic E-state index is 11.9. The van der Waals surface area contributed by atoms with Crippen LogP contribution in [0.5, 0.6) is 11.5 Å². The Morgan fingerprint density at radius 3 is 2.95 bits per heavy atom. The molecule has 2 heterocycles. The fourth-order valence-electron chi connectivity index (χ4n) is 2.28. The smallest absolute Gasteiger partial charge is 0.231 e. The summed E-state index contributed by atoms with van der Waals surface area (Å²) in [7, 11) is 0. The van der Waals surface area contributed by atoms with E-state index in [9.17, 15) is 4.79 Å². The molecule has 110 valence electrons. The molecule has 1 aromatic heterocycles. The van der Waals surface area contributed by atoms with Crippen LogP contribution in [0.4, 0.5) is 0 Å². The lowest BCUT2D eigenvalue weighted by molar-refractivity contribution is -0.121. The molecule has 1 amide bonds. The minimum atomic E-state index is -0.121. The van der Waals surface area contributed by atoms with E-state index in [-0.39, 0.29) is 18.7 Å². The zero-order valence-corrected chi connectivity index (χ0v) is 11.8. The number of carbonyl (C=O) groups is 1. The van der Waals surface area contributed by atoms with E-state index >= 15 is 0 Å². The maximum Gasteiger partial charge on any atom is 0.231 e. The van der Waals surface area contributed by atoms with Gasteiger partial charge >= 0.3 is 0 Å². The molecule has 0 aliphatic carbocycles. The van der Waals surface area contributed by atoms with Gasteiger partial charge < -0.3 is 19.2 Å². The molecular formula is C16H17NO4. The van der Waals surface area contributed by atoms with Gasteiger partial charge in [-0.25, -0.2) is 0 Å². The number of furan rings is 1. The summed E-state index contributed by atoms with van der Waals surface area (Å²) in [6, 6.07) is 9.29. The van der Waals surface area contributed by atoms with Crippen LogP contribution in [0.25, 0.3) is 0 Å². The number of rotatable bonds is 5. The van der Waals surface area contributed by atoms with Gasteiger partial charge in [-0.1, -0.05) is 6.07 Å². The Kier molecular flexibility index (Phi) is 3.81. The molecule has 21 heavy (non-hydrogen) atoms. The largest absolute Gasteiger partial charge is 0.467 e. The molecule has 5 heteroatoms. The van der Waals surface area contributed by atoms with Crippen LogP contribution in [0.3, 0.4) is 0 Å². The van der Waals surface area contributed by atoms with Crippen molar-refractivity contribution >= 4 is 5.91 Å². The zero-order valence-electron chi connectivity index (χ0n) is 11.8. The Balaban J connectivity index is 1.52. The summed E-state index contributed by atoms with van der Waals surface area (Å²) >= 11 is 0. The number of benzene rings is 1. The molecule has 0 bridgehead atoms. The molecule has 1 atom stereocenters. The Bertz CT molecular complexity index is 621. The minimum Gasteiger partial charge on any atom is -0.467 e. The number of hydrogen-bond acceptors (Lipinski definition) is 4. The normalized spacial score (nSPS) is 14.0. The topological polar surface area (TPSA) is 60.7 Å². The summed E-state index contributed by atoms with van der Waals surface area (Å²) in [6.07, 6.45) is 2.68. The predicted molar refractivity (Wildman–Crippen MR) is 76.2 cm³/mol. The highest BCUT2D eigenvalue weighted by atomic mass is 16.7. The van der Waals surface area contributed by atoms with Crippen molar-refractivity contribution in [2.75, 3.05) is 6.79 Å². The average Bonchev–Trinajstić information content (AvgIpc) is 3.15. The van der Waals surface area contributed by atoms with Gasteiger partial charge in [-0.15, -0.1) is 0 Å². The Morgan fingerprint density at radius 1 is 1.29 bits per heavy atom. The van der Waals surface area contributed by atoms with E-state index in [0.29, 0.717) is 12.8 Å². The van der Waals surface area contributed by atoms with Crippen molar-refractivity contribution in [2.45, 2.75) is 25.8 Å². The van der Waals surface area contributed by atoms with Crippen LogP contribution in [-0.2, 0) is 11.2 Å². The molecule has 0 saturated carbocycles. The number of fused-ring (bicyclic) bond motifs is 1. The summed E-state index contributed by atoms with van der Waals surface area (Å²) in [5.74, 6) is 2.26. The number of amides is 1. The van der Waals surface area contributed by atoms with Crippen LogP contribution in [0, 0.1) is 0 Å². The molecule has 3 rings (SSSR count). The highest BCUT2D eigenvalue weighted by Gasteiger charge is 2.15. The first kappa shape index (κ1) is 13.5. The van der Waals surface area contributed by atoms with Crippen LogP contribution >= 0.6 is 0 Å². The number of carbonyl (C=O) groups excluding carboxylic acids is 1. The molecule has 1 aliphatic rings. The van der Waals surface area contributed by atoms with Crippen LogP contribution in [-0.4, -0.2) is 12.7 Å². The van der Waals surface area contributed by atoms with Crippen molar-refractivity contribution in [2.24, 2.45) is 0 Å². The Labute approximate surface area is 122 Å². The number of nitrogens with one attached hydrogen (secondary N) is 1. The summed E-state index contributed by atoms with van der Waals surface area (Å²) in [5.41, 5.74) is 1.06. The van der Waals surface area contributed by atoms with Gasteiger partial charge in [0, 0.05) is 6.42 Å². The fourth-order valence-corrected chi connectivity index (χ4v) is 2.28. The average molecular weight is 287 g/mol. The molecule has 2 aromatic rings. The molecule has 1 N–H and O–H groups in total. The lowest BCUT2D eigenvalue weighted by Crippen LogP contribution is -2.26. The van der Waals surface area contributed by atoms with Crippen molar-refractivity contribution in [3.05, 3.63) is 47.9 Å². The highest BCUT2D eigenvalue weighted by Crippen LogP contribution is 2.32. The molecule has 1 aliphatic heterocycles. The standard InChI is InChI=1S/C16H17NO4/c1-11(13-3-2-8-19-13)17-16(18)7-5-12-4-6-14-15(9-12)21-10-20-14/h2-4,6,8-9,11H,5,7,10H2,1H3,(H,17,18). The van der Waals surface area contributed by atoms with E-state index in [4.69, 9.17) is 13.9 Å². The number of hydrogen-bond donors (Lipinski definition) is 1. The van der Waals surface area contributed by atoms with Gasteiger partial charge in [0.25, 0.3) is 0 Å².